The summed E-state index contributed by atoms with van der Waals surface area (Å²) in [6.07, 6.45) is 3.43. The molecule has 0 spiro atoms. The molecule has 0 aliphatic heterocycles. The highest BCUT2D eigenvalue weighted by Crippen LogP contribution is 2.19. The van der Waals surface area contributed by atoms with E-state index in [0.29, 0.717) is 19.1 Å². The Kier molecular flexibility index (Phi) is 9.61. The summed E-state index contributed by atoms with van der Waals surface area (Å²) in [6, 6.07) is 7.99. The molecule has 0 saturated carbocycles. The number of guanidine groups is 1. The van der Waals surface area contributed by atoms with Gasteiger partial charge in [0.25, 0.3) is 0 Å². The molecular weight excluding hydrogens is 423 g/mol. The van der Waals surface area contributed by atoms with Crippen LogP contribution in [0.15, 0.2) is 47.0 Å². The Hall–Kier alpha value is -1.35. The molecule has 23 heavy (non-hydrogen) atoms. The summed E-state index contributed by atoms with van der Waals surface area (Å²) in [5.74, 6) is 2.03. The first-order valence-corrected chi connectivity index (χ1v) is 8.18. The van der Waals surface area contributed by atoms with Crippen molar-refractivity contribution in [1.29, 1.82) is 0 Å². The predicted octanol–water partition coefficient (Wildman–Crippen LogP) is 3.11. The molecule has 2 aromatic heterocycles. The Bertz CT molecular complexity index is 563. The number of hydrogen-bond acceptors (Lipinski definition) is 4. The molecule has 0 aliphatic carbocycles. The van der Waals surface area contributed by atoms with Crippen LogP contribution in [-0.2, 0) is 0 Å². The molecule has 1 atom stereocenters. The Morgan fingerprint density at radius 2 is 2.22 bits per heavy atom. The van der Waals surface area contributed by atoms with Gasteiger partial charge in [-0.2, -0.15) is 0 Å². The Balaban J connectivity index is 0.00000264. The van der Waals surface area contributed by atoms with Crippen molar-refractivity contribution in [2.24, 2.45) is 4.99 Å². The summed E-state index contributed by atoms with van der Waals surface area (Å²) < 4.78 is 5.58. The Morgan fingerprint density at radius 1 is 1.35 bits per heavy atom. The molecule has 2 rings (SSSR count). The topological polar surface area (TPSA) is 58.5 Å². The zero-order valence-electron chi connectivity index (χ0n) is 13.4. The van der Waals surface area contributed by atoms with Gasteiger partial charge in [0.15, 0.2) is 5.96 Å². The van der Waals surface area contributed by atoms with E-state index in [0.717, 1.165) is 18.3 Å². The van der Waals surface area contributed by atoms with Crippen molar-refractivity contribution in [3.63, 3.8) is 0 Å². The third-order valence-electron chi connectivity index (χ3n) is 3.13. The number of ether oxygens (including phenoxy) is 1. The lowest BCUT2D eigenvalue weighted by molar-refractivity contribution is 0.320. The van der Waals surface area contributed by atoms with Crippen molar-refractivity contribution in [2.45, 2.75) is 12.8 Å². The minimum absolute atomic E-state index is 0. The molecule has 5 nitrogen and oxygen atoms in total. The molecule has 0 radical (unpaired) electrons. The highest BCUT2D eigenvalue weighted by molar-refractivity contribution is 14.0. The summed E-state index contributed by atoms with van der Waals surface area (Å²) >= 11 is 1.78. The van der Waals surface area contributed by atoms with Crippen LogP contribution < -0.4 is 15.4 Å². The zero-order chi connectivity index (χ0) is 15.6. The Morgan fingerprint density at radius 3 is 2.87 bits per heavy atom. The maximum Gasteiger partial charge on any atom is 0.191 e. The average molecular weight is 446 g/mol. The lowest BCUT2D eigenvalue weighted by atomic mass is 10.1. The van der Waals surface area contributed by atoms with E-state index in [2.05, 4.69) is 45.0 Å². The molecule has 0 saturated heterocycles. The van der Waals surface area contributed by atoms with Gasteiger partial charge in [0.1, 0.15) is 12.4 Å². The molecule has 7 heteroatoms. The van der Waals surface area contributed by atoms with E-state index in [1.807, 2.05) is 12.1 Å². The highest BCUT2D eigenvalue weighted by Gasteiger charge is 2.07. The Labute approximate surface area is 158 Å². The van der Waals surface area contributed by atoms with Crippen molar-refractivity contribution in [2.75, 3.05) is 26.7 Å². The zero-order valence-corrected chi connectivity index (χ0v) is 16.5. The molecule has 2 aromatic rings. The van der Waals surface area contributed by atoms with E-state index in [4.69, 9.17) is 4.74 Å². The normalized spacial score (nSPS) is 12.2. The maximum absolute atomic E-state index is 5.58. The van der Waals surface area contributed by atoms with Crippen molar-refractivity contribution in [3.8, 4) is 5.75 Å². The van der Waals surface area contributed by atoms with Crippen LogP contribution in [0, 0.1) is 0 Å². The molecule has 126 valence electrons. The third kappa shape index (κ3) is 7.17. The number of hydrogen-bond donors (Lipinski definition) is 2. The van der Waals surface area contributed by atoms with Crippen LogP contribution in [0.25, 0.3) is 0 Å². The fourth-order valence-corrected chi connectivity index (χ4v) is 2.70. The number of nitrogens with zero attached hydrogens (tertiary/aromatic N) is 2. The summed E-state index contributed by atoms with van der Waals surface area (Å²) in [5.41, 5.74) is 0. The SMILES string of the molecule is CN=C(NCCOc1cccnc1)NCC(C)c1cccs1.I. The minimum Gasteiger partial charge on any atom is -0.490 e. The van der Waals surface area contributed by atoms with Crippen molar-refractivity contribution >= 4 is 41.3 Å². The standard InChI is InChI=1S/C16H22N4OS.HI/c1-13(15-6-4-10-22-15)11-20-16(17-2)19-8-9-21-14-5-3-7-18-12-14;/h3-7,10,12-13H,8-9,11H2,1-2H3,(H2,17,19,20);1H. The van der Waals surface area contributed by atoms with E-state index < -0.39 is 0 Å². The van der Waals surface area contributed by atoms with E-state index >= 15 is 0 Å². The minimum atomic E-state index is 0. The van der Waals surface area contributed by atoms with Gasteiger partial charge in [-0.1, -0.05) is 13.0 Å². The van der Waals surface area contributed by atoms with Crippen LogP contribution in [0.5, 0.6) is 5.75 Å². The van der Waals surface area contributed by atoms with Crippen molar-refractivity contribution in [1.82, 2.24) is 15.6 Å². The monoisotopic (exact) mass is 446 g/mol. The highest BCUT2D eigenvalue weighted by atomic mass is 127. The second-order valence-electron chi connectivity index (χ2n) is 4.83. The van der Waals surface area contributed by atoms with Gasteiger partial charge in [-0.15, -0.1) is 35.3 Å². The molecule has 2 N–H and O–H groups in total. The first kappa shape index (κ1) is 19.7. The van der Waals surface area contributed by atoms with Gasteiger partial charge in [-0.05, 0) is 23.6 Å². The van der Waals surface area contributed by atoms with Gasteiger partial charge in [-0.25, -0.2) is 0 Å². The molecule has 0 amide bonds. The van der Waals surface area contributed by atoms with E-state index in [-0.39, 0.29) is 24.0 Å². The first-order chi connectivity index (χ1) is 10.8. The number of pyridine rings is 1. The van der Waals surface area contributed by atoms with Gasteiger partial charge >= 0.3 is 0 Å². The van der Waals surface area contributed by atoms with E-state index in [9.17, 15) is 0 Å². The van der Waals surface area contributed by atoms with E-state index in [1.54, 1.807) is 30.8 Å². The van der Waals surface area contributed by atoms with Gasteiger partial charge < -0.3 is 15.4 Å². The summed E-state index contributed by atoms with van der Waals surface area (Å²) in [7, 11) is 1.77. The molecule has 0 aliphatic rings. The van der Waals surface area contributed by atoms with Gasteiger partial charge in [0, 0.05) is 30.6 Å². The fraction of sp³-hybridized carbons (Fsp3) is 0.375. The number of thiophene rings is 1. The molecule has 1 unspecified atom stereocenters. The molecule has 0 aromatic carbocycles. The van der Waals surface area contributed by atoms with Crippen molar-refractivity contribution < 1.29 is 4.74 Å². The van der Waals surface area contributed by atoms with Crippen LogP contribution >= 0.6 is 35.3 Å². The first-order valence-electron chi connectivity index (χ1n) is 7.30. The largest absolute Gasteiger partial charge is 0.490 e. The molecular formula is C16H23IN4OS. The summed E-state index contributed by atoms with van der Waals surface area (Å²) in [6.45, 7) is 4.30. The average Bonchev–Trinajstić information content (AvgIpc) is 3.09. The number of nitrogens with one attached hydrogen (secondary N) is 2. The number of rotatable bonds is 7. The van der Waals surface area contributed by atoms with Crippen LogP contribution in [0.4, 0.5) is 0 Å². The van der Waals surface area contributed by atoms with Crippen LogP contribution in [0.1, 0.15) is 17.7 Å². The van der Waals surface area contributed by atoms with E-state index in [1.165, 1.54) is 4.88 Å². The molecule has 2 heterocycles. The molecule has 0 fully saturated rings. The van der Waals surface area contributed by atoms with Crippen LogP contribution in [-0.4, -0.2) is 37.7 Å². The summed E-state index contributed by atoms with van der Waals surface area (Å²) in [4.78, 5) is 9.60. The second-order valence-corrected chi connectivity index (χ2v) is 5.81. The fourth-order valence-electron chi connectivity index (χ4n) is 1.91. The quantitative estimate of drug-likeness (QED) is 0.297. The molecule has 0 bridgehead atoms. The van der Waals surface area contributed by atoms with Crippen LogP contribution in [0.3, 0.4) is 0 Å². The van der Waals surface area contributed by atoms with Gasteiger partial charge in [0.05, 0.1) is 12.7 Å². The van der Waals surface area contributed by atoms with Gasteiger partial charge in [0.2, 0.25) is 0 Å². The second kappa shape index (κ2) is 11.2. The predicted molar refractivity (Wildman–Crippen MR) is 107 cm³/mol. The number of aliphatic imine (C=N–C) groups is 1. The number of aromatic nitrogens is 1. The lowest BCUT2D eigenvalue weighted by Gasteiger charge is -2.15. The third-order valence-corrected chi connectivity index (χ3v) is 4.23. The maximum atomic E-state index is 5.58. The van der Waals surface area contributed by atoms with Crippen LogP contribution in [0.2, 0.25) is 0 Å². The van der Waals surface area contributed by atoms with Gasteiger partial charge in [-0.3, -0.25) is 9.98 Å². The lowest BCUT2D eigenvalue weighted by Crippen LogP contribution is -2.40. The summed E-state index contributed by atoms with van der Waals surface area (Å²) in [5, 5.41) is 8.68. The number of halogens is 1. The van der Waals surface area contributed by atoms with Crippen molar-refractivity contribution in [3.05, 3.63) is 46.9 Å². The smallest absolute Gasteiger partial charge is 0.191 e.